The number of nitrogens with one attached hydrogen (secondary N) is 1. The van der Waals surface area contributed by atoms with Crippen molar-refractivity contribution in [3.8, 4) is 0 Å². The van der Waals surface area contributed by atoms with E-state index in [2.05, 4.69) is 11.6 Å². The Morgan fingerprint density at radius 3 is 2.42 bits per heavy atom. The molecule has 0 spiro atoms. The van der Waals surface area contributed by atoms with Crippen molar-refractivity contribution in [3.63, 3.8) is 0 Å². The second-order valence-electron chi connectivity index (χ2n) is 5.78. The van der Waals surface area contributed by atoms with Gasteiger partial charge in [-0.15, -0.1) is 0 Å². The minimum Gasteiger partial charge on any atom is -0.282 e. The molecule has 0 aromatic heterocycles. The van der Waals surface area contributed by atoms with E-state index in [0.29, 0.717) is 17.2 Å². The Labute approximate surface area is 158 Å². The van der Waals surface area contributed by atoms with Gasteiger partial charge in [-0.3, -0.25) is 8.91 Å². The Bertz CT molecular complexity index is 920. The van der Waals surface area contributed by atoms with E-state index in [1.165, 1.54) is 0 Å². The molecule has 3 aromatic rings. The maximum absolute atomic E-state index is 13.0. The predicted octanol–water partition coefficient (Wildman–Crippen LogP) is 4.81. The van der Waals surface area contributed by atoms with Crippen LogP contribution in [0.25, 0.3) is 10.8 Å². The molecule has 0 saturated carbocycles. The summed E-state index contributed by atoms with van der Waals surface area (Å²) in [4.78, 5) is 1.49. The van der Waals surface area contributed by atoms with Gasteiger partial charge in [-0.05, 0) is 47.5 Å². The molecule has 0 saturated heterocycles. The van der Waals surface area contributed by atoms with E-state index in [-0.39, 0.29) is 0 Å². The molecule has 0 radical (unpaired) electrons. The van der Waals surface area contributed by atoms with Crippen molar-refractivity contribution < 1.29 is 12.6 Å². The molecule has 0 aliphatic heterocycles. The third-order valence-electron chi connectivity index (χ3n) is 3.91. The maximum atomic E-state index is 13.0. The summed E-state index contributed by atoms with van der Waals surface area (Å²) in [6.45, 7) is 2.51. The van der Waals surface area contributed by atoms with Crippen molar-refractivity contribution in [2.45, 2.75) is 29.6 Å². The molecule has 2 atom stereocenters. The van der Waals surface area contributed by atoms with Crippen molar-refractivity contribution >= 4 is 38.5 Å². The van der Waals surface area contributed by atoms with Crippen molar-refractivity contribution in [1.29, 1.82) is 0 Å². The zero-order valence-electron chi connectivity index (χ0n) is 14.5. The molecule has 0 aliphatic rings. The molecule has 2 unspecified atom stereocenters. The lowest BCUT2D eigenvalue weighted by Gasteiger charge is -2.09. The summed E-state index contributed by atoms with van der Waals surface area (Å²) in [6.07, 6.45) is 1.86. The maximum Gasteiger partial charge on any atom is 0.261 e. The number of hydrogen-bond acceptors (Lipinski definition) is 3. The lowest BCUT2D eigenvalue weighted by molar-refractivity contribution is 0.340. The highest BCUT2D eigenvalue weighted by molar-refractivity contribution is 7.85. The summed E-state index contributed by atoms with van der Waals surface area (Å²) in [5.74, 6) is 0. The van der Waals surface area contributed by atoms with Gasteiger partial charge in [0.15, 0.2) is 0 Å². The van der Waals surface area contributed by atoms with E-state index in [4.69, 9.17) is 4.18 Å². The largest absolute Gasteiger partial charge is 0.282 e. The second-order valence-corrected chi connectivity index (χ2v) is 8.14. The summed E-state index contributed by atoms with van der Waals surface area (Å²) >= 11 is -1.57. The fourth-order valence-electron chi connectivity index (χ4n) is 2.54. The quantitative estimate of drug-likeness (QED) is 0.564. The van der Waals surface area contributed by atoms with Crippen molar-refractivity contribution in [2.24, 2.45) is 0 Å². The monoisotopic (exact) mass is 387 g/mol. The summed E-state index contributed by atoms with van der Waals surface area (Å²) in [5, 5.41) is 2.05. The van der Waals surface area contributed by atoms with Crippen LogP contribution in [0.3, 0.4) is 0 Å². The molecule has 0 heterocycles. The molecule has 1 N–H and O–H groups in total. The van der Waals surface area contributed by atoms with E-state index in [9.17, 15) is 8.42 Å². The van der Waals surface area contributed by atoms with Gasteiger partial charge in [-0.1, -0.05) is 49.7 Å². The van der Waals surface area contributed by atoms with Gasteiger partial charge in [0.25, 0.3) is 11.3 Å². The van der Waals surface area contributed by atoms with Gasteiger partial charge in [0.1, 0.15) is 0 Å². The molecule has 136 valence electrons. The van der Waals surface area contributed by atoms with Gasteiger partial charge in [0.05, 0.1) is 22.3 Å². The van der Waals surface area contributed by atoms with Crippen LogP contribution in [0.15, 0.2) is 76.5 Å². The smallest absolute Gasteiger partial charge is 0.261 e. The molecular formula is C20H21NO3S2. The standard InChI is InChI=1S/C20H21NO3S2/c1-2-3-15-24-26(23)21-17-11-13-18(14-12-17)25(22)20-10-6-8-16-7-4-5-9-19(16)20/h4-14,21H,2-3,15H2,1H3. The Kier molecular flexibility index (Phi) is 6.55. The number of benzene rings is 3. The average molecular weight is 388 g/mol. The number of anilines is 1. The van der Waals surface area contributed by atoms with Gasteiger partial charge in [-0.2, -0.15) is 0 Å². The highest BCUT2D eigenvalue weighted by Gasteiger charge is 2.11. The van der Waals surface area contributed by atoms with Crippen LogP contribution >= 0.6 is 0 Å². The van der Waals surface area contributed by atoms with Gasteiger partial charge in [0, 0.05) is 10.6 Å². The van der Waals surface area contributed by atoms with Crippen LogP contribution in [-0.2, 0) is 26.2 Å². The molecule has 26 heavy (non-hydrogen) atoms. The van der Waals surface area contributed by atoms with E-state index in [1.807, 2.05) is 42.5 Å². The Balaban J connectivity index is 1.74. The van der Waals surface area contributed by atoms with Gasteiger partial charge >= 0.3 is 0 Å². The average Bonchev–Trinajstić information content (AvgIpc) is 2.68. The third-order valence-corrected chi connectivity index (χ3v) is 6.15. The molecular weight excluding hydrogens is 366 g/mol. The van der Waals surface area contributed by atoms with E-state index in [1.54, 1.807) is 24.3 Å². The zero-order valence-corrected chi connectivity index (χ0v) is 16.1. The van der Waals surface area contributed by atoms with Crippen LogP contribution in [0.1, 0.15) is 19.8 Å². The fourth-order valence-corrected chi connectivity index (χ4v) is 4.42. The van der Waals surface area contributed by atoms with Gasteiger partial charge < -0.3 is 0 Å². The van der Waals surface area contributed by atoms with Crippen LogP contribution in [0.4, 0.5) is 5.69 Å². The first-order valence-electron chi connectivity index (χ1n) is 8.50. The number of unbranched alkanes of at least 4 members (excludes halogenated alkanes) is 1. The molecule has 6 heteroatoms. The predicted molar refractivity (Wildman–Crippen MR) is 108 cm³/mol. The molecule has 3 rings (SSSR count). The second kappa shape index (κ2) is 9.07. The summed E-state index contributed by atoms with van der Waals surface area (Å²) in [7, 11) is -1.28. The normalized spacial score (nSPS) is 13.4. The number of rotatable bonds is 8. The molecule has 0 bridgehead atoms. The molecule has 0 aliphatic carbocycles. The van der Waals surface area contributed by atoms with E-state index in [0.717, 1.165) is 28.5 Å². The minimum absolute atomic E-state index is 0.458. The SMILES string of the molecule is CCCCOS(=O)Nc1ccc(S(=O)c2cccc3ccccc23)cc1. The zero-order chi connectivity index (χ0) is 18.4. The van der Waals surface area contributed by atoms with Crippen LogP contribution in [0.2, 0.25) is 0 Å². The topological polar surface area (TPSA) is 55.4 Å². The van der Waals surface area contributed by atoms with Crippen LogP contribution < -0.4 is 4.72 Å². The Hall–Kier alpha value is -2.02. The van der Waals surface area contributed by atoms with Crippen LogP contribution in [0.5, 0.6) is 0 Å². The Morgan fingerprint density at radius 2 is 1.65 bits per heavy atom. The summed E-state index contributed by atoms with van der Waals surface area (Å²) in [5.41, 5.74) is 0.665. The van der Waals surface area contributed by atoms with Crippen LogP contribution in [0, 0.1) is 0 Å². The Morgan fingerprint density at radius 1 is 0.923 bits per heavy atom. The van der Waals surface area contributed by atoms with Gasteiger partial charge in [-0.25, -0.2) is 8.42 Å². The lowest BCUT2D eigenvalue weighted by Crippen LogP contribution is -2.09. The summed E-state index contributed by atoms with van der Waals surface area (Å²) < 4.78 is 32.7. The molecule has 0 fully saturated rings. The lowest BCUT2D eigenvalue weighted by atomic mass is 10.1. The first-order chi connectivity index (χ1) is 12.7. The highest BCUT2D eigenvalue weighted by atomic mass is 32.2. The molecule has 4 nitrogen and oxygen atoms in total. The number of hydrogen-bond donors (Lipinski definition) is 1. The first-order valence-corrected chi connectivity index (χ1v) is 10.7. The first kappa shape index (κ1) is 18.8. The van der Waals surface area contributed by atoms with E-state index >= 15 is 0 Å². The van der Waals surface area contributed by atoms with Crippen molar-refractivity contribution in [3.05, 3.63) is 66.7 Å². The molecule has 3 aromatic carbocycles. The van der Waals surface area contributed by atoms with E-state index < -0.39 is 22.1 Å². The highest BCUT2D eigenvalue weighted by Crippen LogP contribution is 2.26. The van der Waals surface area contributed by atoms with Crippen LogP contribution in [-0.4, -0.2) is 15.0 Å². The molecule has 0 amide bonds. The van der Waals surface area contributed by atoms with Crippen molar-refractivity contribution in [1.82, 2.24) is 0 Å². The van der Waals surface area contributed by atoms with Crippen molar-refractivity contribution in [2.75, 3.05) is 11.3 Å². The summed E-state index contributed by atoms with van der Waals surface area (Å²) in [6, 6.07) is 20.8. The number of fused-ring (bicyclic) bond motifs is 1. The third kappa shape index (κ3) is 4.58. The fraction of sp³-hybridized carbons (Fsp3) is 0.200. The van der Waals surface area contributed by atoms with Gasteiger partial charge in [0.2, 0.25) is 0 Å². The minimum atomic E-state index is -1.57.